The third kappa shape index (κ3) is 3.94. The van der Waals surface area contributed by atoms with Gasteiger partial charge in [-0.25, -0.2) is 14.7 Å². The molecule has 1 unspecified atom stereocenters. The molecule has 0 spiro atoms. The SMILES string of the molecule is Cc1ccc(NC2=Nc3ccccc3N3C2=Nc2c(c(C)nn2-c2ccccc2)C3c2cccc(O)c2)cc1Cl. The third-order valence-corrected chi connectivity index (χ3v) is 7.67. The molecule has 2 N–H and O–H groups in total. The van der Waals surface area contributed by atoms with E-state index >= 15 is 0 Å². The van der Waals surface area contributed by atoms with Crippen molar-refractivity contribution in [2.45, 2.75) is 19.9 Å². The Labute approximate surface area is 236 Å². The third-order valence-electron chi connectivity index (χ3n) is 7.26. The first-order valence-corrected chi connectivity index (χ1v) is 13.4. The number of aromatic nitrogens is 2. The van der Waals surface area contributed by atoms with Crippen molar-refractivity contribution < 1.29 is 5.11 Å². The lowest BCUT2D eigenvalue weighted by Crippen LogP contribution is -2.46. The fraction of sp³-hybridized carbons (Fsp3) is 0.0938. The number of hydrogen-bond acceptors (Lipinski definition) is 6. The van der Waals surface area contributed by atoms with E-state index in [0.717, 1.165) is 51.0 Å². The van der Waals surface area contributed by atoms with Gasteiger partial charge in [-0.15, -0.1) is 0 Å². The molecule has 0 saturated carbocycles. The Morgan fingerprint density at radius 3 is 2.45 bits per heavy atom. The van der Waals surface area contributed by atoms with Gasteiger partial charge >= 0.3 is 0 Å². The molecule has 2 aliphatic heterocycles. The van der Waals surface area contributed by atoms with Crippen molar-refractivity contribution in [1.29, 1.82) is 0 Å². The van der Waals surface area contributed by atoms with Crippen LogP contribution in [-0.4, -0.2) is 26.6 Å². The number of fused-ring (bicyclic) bond motifs is 4. The molecule has 5 aromatic rings. The monoisotopic (exact) mass is 544 g/mol. The summed E-state index contributed by atoms with van der Waals surface area (Å²) in [7, 11) is 0. The molecule has 0 aliphatic carbocycles. The van der Waals surface area contributed by atoms with Crippen LogP contribution in [-0.2, 0) is 0 Å². The largest absolute Gasteiger partial charge is 0.508 e. The molecule has 8 heteroatoms. The maximum absolute atomic E-state index is 10.5. The average Bonchev–Trinajstić information content (AvgIpc) is 3.30. The quantitative estimate of drug-likeness (QED) is 0.244. The van der Waals surface area contributed by atoms with Crippen LogP contribution in [0.3, 0.4) is 0 Å². The van der Waals surface area contributed by atoms with Gasteiger partial charge in [0.25, 0.3) is 0 Å². The molecule has 1 aromatic heterocycles. The predicted molar refractivity (Wildman–Crippen MR) is 161 cm³/mol. The highest BCUT2D eigenvalue weighted by atomic mass is 35.5. The summed E-state index contributed by atoms with van der Waals surface area (Å²) >= 11 is 6.47. The highest BCUT2D eigenvalue weighted by Gasteiger charge is 2.41. The number of anilines is 2. The molecule has 0 fully saturated rings. The molecule has 7 rings (SSSR count). The lowest BCUT2D eigenvalue weighted by atomic mass is 9.93. The van der Waals surface area contributed by atoms with E-state index in [1.165, 1.54) is 0 Å². The zero-order valence-corrected chi connectivity index (χ0v) is 22.6. The van der Waals surface area contributed by atoms with Crippen LogP contribution in [0.15, 0.2) is 107 Å². The Balaban J connectivity index is 1.50. The van der Waals surface area contributed by atoms with Crippen LogP contribution in [0.4, 0.5) is 22.9 Å². The van der Waals surface area contributed by atoms with Gasteiger partial charge in [0, 0.05) is 16.3 Å². The number of benzene rings is 4. The van der Waals surface area contributed by atoms with Gasteiger partial charge in [-0.2, -0.15) is 5.10 Å². The Bertz CT molecular complexity index is 1840. The second-order valence-electron chi connectivity index (χ2n) is 9.91. The first-order chi connectivity index (χ1) is 19.5. The summed E-state index contributed by atoms with van der Waals surface area (Å²) < 4.78 is 1.88. The van der Waals surface area contributed by atoms with Crippen LogP contribution < -0.4 is 10.2 Å². The second-order valence-corrected chi connectivity index (χ2v) is 10.3. The fourth-order valence-electron chi connectivity index (χ4n) is 5.36. The van der Waals surface area contributed by atoms with Gasteiger partial charge in [-0.1, -0.05) is 60.1 Å². The van der Waals surface area contributed by atoms with Crippen LogP contribution in [0.25, 0.3) is 5.69 Å². The number of aromatic hydroxyl groups is 1. The van der Waals surface area contributed by atoms with Gasteiger partial charge in [0.2, 0.25) is 0 Å². The van der Waals surface area contributed by atoms with E-state index in [2.05, 4.69) is 10.2 Å². The Morgan fingerprint density at radius 2 is 1.65 bits per heavy atom. The van der Waals surface area contributed by atoms with Gasteiger partial charge in [-0.3, -0.25) is 0 Å². The number of para-hydroxylation sites is 3. The van der Waals surface area contributed by atoms with Crippen LogP contribution in [0, 0.1) is 13.8 Å². The maximum atomic E-state index is 10.5. The van der Waals surface area contributed by atoms with Gasteiger partial charge in [0.05, 0.1) is 28.8 Å². The number of rotatable bonds is 3. The van der Waals surface area contributed by atoms with Crippen molar-refractivity contribution in [1.82, 2.24) is 9.78 Å². The van der Waals surface area contributed by atoms with E-state index < -0.39 is 0 Å². The number of aliphatic imine (C=N–C) groups is 2. The summed E-state index contributed by atoms with van der Waals surface area (Å²) in [5, 5.41) is 19.6. The number of nitrogens with one attached hydrogen (secondary N) is 1. The van der Waals surface area contributed by atoms with E-state index in [9.17, 15) is 5.11 Å². The number of amidine groups is 2. The summed E-state index contributed by atoms with van der Waals surface area (Å²) in [5.74, 6) is 2.16. The summed E-state index contributed by atoms with van der Waals surface area (Å²) in [4.78, 5) is 12.4. The molecule has 3 heterocycles. The molecule has 4 aromatic carbocycles. The summed E-state index contributed by atoms with van der Waals surface area (Å²) in [5.41, 5.74) is 7.18. The molecule has 2 aliphatic rings. The second kappa shape index (κ2) is 9.39. The number of phenols is 1. The minimum atomic E-state index is -0.317. The average molecular weight is 545 g/mol. The van der Waals surface area contributed by atoms with E-state index in [4.69, 9.17) is 26.7 Å². The first-order valence-electron chi connectivity index (χ1n) is 13.0. The van der Waals surface area contributed by atoms with Crippen LogP contribution in [0.1, 0.15) is 28.4 Å². The number of nitrogens with zero attached hydrogens (tertiary/aromatic N) is 5. The van der Waals surface area contributed by atoms with E-state index in [1.54, 1.807) is 12.1 Å². The number of phenolic OH excluding ortho intramolecular Hbond substituents is 1. The Kier molecular flexibility index (Phi) is 5.68. The highest BCUT2D eigenvalue weighted by Crippen LogP contribution is 2.48. The molecular weight excluding hydrogens is 520 g/mol. The Hall–Kier alpha value is -4.88. The highest BCUT2D eigenvalue weighted by molar-refractivity contribution is 6.51. The molecule has 1 atom stereocenters. The summed E-state index contributed by atoms with van der Waals surface area (Å²) in [6, 6.07) is 30.9. The molecule has 0 radical (unpaired) electrons. The topological polar surface area (TPSA) is 78.0 Å². The molecule has 0 amide bonds. The lowest BCUT2D eigenvalue weighted by molar-refractivity contribution is 0.474. The zero-order chi connectivity index (χ0) is 27.4. The number of hydrogen-bond donors (Lipinski definition) is 2. The van der Waals surface area contributed by atoms with Crippen molar-refractivity contribution >= 4 is 46.2 Å². The summed E-state index contributed by atoms with van der Waals surface area (Å²) in [6.07, 6.45) is 0. The van der Waals surface area contributed by atoms with Gasteiger partial charge < -0.3 is 15.3 Å². The van der Waals surface area contributed by atoms with Crippen molar-refractivity contribution in [2.75, 3.05) is 10.2 Å². The molecular formula is C32H25ClN6O. The first kappa shape index (κ1) is 24.2. The van der Waals surface area contributed by atoms with Crippen molar-refractivity contribution in [3.05, 3.63) is 124 Å². The standard InChI is InChI=1S/C32H25ClN6O/c1-19-15-16-22(18-25(19)33)34-30-32-36-31-28(20(2)37-39(31)23-10-4-3-5-11-23)29(21-9-8-12-24(40)17-21)38(32)27-14-7-6-13-26(27)35-30/h3-18,29,40H,1-2H3,(H,34,35). The van der Waals surface area contributed by atoms with E-state index in [1.807, 2.05) is 103 Å². The van der Waals surface area contributed by atoms with Gasteiger partial charge in [0.15, 0.2) is 17.5 Å². The van der Waals surface area contributed by atoms with Crippen LogP contribution in [0.5, 0.6) is 5.75 Å². The fourth-order valence-corrected chi connectivity index (χ4v) is 5.55. The number of halogens is 1. The van der Waals surface area contributed by atoms with Gasteiger partial charge in [0.1, 0.15) is 5.75 Å². The Morgan fingerprint density at radius 1 is 0.850 bits per heavy atom. The summed E-state index contributed by atoms with van der Waals surface area (Å²) in [6.45, 7) is 3.98. The zero-order valence-electron chi connectivity index (χ0n) is 21.9. The molecule has 0 bridgehead atoms. The number of aryl methyl sites for hydroxylation is 2. The van der Waals surface area contributed by atoms with Crippen molar-refractivity contribution in [2.24, 2.45) is 9.98 Å². The predicted octanol–water partition coefficient (Wildman–Crippen LogP) is 7.64. The smallest absolute Gasteiger partial charge is 0.179 e. The lowest BCUT2D eigenvalue weighted by Gasteiger charge is -2.40. The minimum absolute atomic E-state index is 0.197. The molecule has 0 saturated heterocycles. The van der Waals surface area contributed by atoms with Crippen LogP contribution >= 0.6 is 11.6 Å². The molecule has 40 heavy (non-hydrogen) atoms. The van der Waals surface area contributed by atoms with Crippen molar-refractivity contribution in [3.63, 3.8) is 0 Å². The van der Waals surface area contributed by atoms with Crippen LogP contribution in [0.2, 0.25) is 5.02 Å². The minimum Gasteiger partial charge on any atom is -0.508 e. The van der Waals surface area contributed by atoms with E-state index in [-0.39, 0.29) is 11.8 Å². The normalized spacial score (nSPS) is 15.5. The van der Waals surface area contributed by atoms with Crippen molar-refractivity contribution in [3.8, 4) is 11.4 Å². The van der Waals surface area contributed by atoms with Gasteiger partial charge in [-0.05, 0) is 73.5 Å². The molecule has 7 nitrogen and oxygen atoms in total. The maximum Gasteiger partial charge on any atom is 0.179 e. The van der Waals surface area contributed by atoms with E-state index in [0.29, 0.717) is 16.7 Å². The molecule has 196 valence electrons.